The van der Waals surface area contributed by atoms with E-state index < -0.39 is 10.0 Å². The topological polar surface area (TPSA) is 84.5 Å². The lowest BCUT2D eigenvalue weighted by molar-refractivity contribution is -0.00461. The highest BCUT2D eigenvalue weighted by Gasteiger charge is 2.41. The van der Waals surface area contributed by atoms with Crippen molar-refractivity contribution in [3.8, 4) is 0 Å². The van der Waals surface area contributed by atoms with Gasteiger partial charge in [-0.05, 0) is 6.92 Å². The number of halogens is 1. The third-order valence-electron chi connectivity index (χ3n) is 3.54. The second kappa shape index (κ2) is 5.98. The van der Waals surface area contributed by atoms with Crippen molar-refractivity contribution in [2.24, 2.45) is 0 Å². The van der Waals surface area contributed by atoms with E-state index in [1.54, 1.807) is 6.92 Å². The number of hydrogen-bond acceptors (Lipinski definition) is 5. The molecule has 9 heteroatoms. The Morgan fingerprint density at radius 2 is 1.90 bits per heavy atom. The first-order valence-electron chi connectivity index (χ1n) is 6.11. The molecule has 1 aromatic heterocycles. The molecule has 1 aromatic rings. The lowest BCUT2D eigenvalue weighted by atomic mass is 10.3. The number of alkyl halides is 1. The molecule has 2 atom stereocenters. The van der Waals surface area contributed by atoms with Crippen LogP contribution in [-0.4, -0.2) is 62.4 Å². The van der Waals surface area contributed by atoms with Crippen molar-refractivity contribution in [2.75, 3.05) is 27.3 Å². The number of ether oxygens (including phenoxy) is 2. The minimum atomic E-state index is -3.70. The van der Waals surface area contributed by atoms with Gasteiger partial charge in [0.05, 0.1) is 18.1 Å². The first-order chi connectivity index (χ1) is 9.45. The Hall–Kier alpha value is -0.670. The lowest BCUT2D eigenvalue weighted by Crippen LogP contribution is -2.31. The number of H-pyrrole nitrogens is 1. The molecule has 0 amide bonds. The summed E-state index contributed by atoms with van der Waals surface area (Å²) in [4.78, 5) is 0. The van der Waals surface area contributed by atoms with E-state index in [1.165, 1.54) is 18.5 Å². The molecule has 2 heterocycles. The Morgan fingerprint density at radius 3 is 2.35 bits per heavy atom. The normalized spacial score (nSPS) is 24.4. The van der Waals surface area contributed by atoms with Crippen LogP contribution in [0.5, 0.6) is 0 Å². The molecule has 0 radical (unpaired) electrons. The van der Waals surface area contributed by atoms with E-state index in [0.29, 0.717) is 11.3 Å². The molecular weight excluding hydrogens is 306 g/mol. The predicted octanol–water partition coefficient (Wildman–Crippen LogP) is 0.491. The molecule has 0 saturated carbocycles. The smallest absolute Gasteiger partial charge is 0.262 e. The summed E-state index contributed by atoms with van der Waals surface area (Å²) < 4.78 is 37.1. The molecule has 1 aliphatic rings. The van der Waals surface area contributed by atoms with Crippen LogP contribution in [0.25, 0.3) is 0 Å². The molecule has 0 aliphatic carbocycles. The first-order valence-corrected chi connectivity index (χ1v) is 8.08. The lowest BCUT2D eigenvalue weighted by Gasteiger charge is -2.14. The number of nitrogens with zero attached hydrogens (tertiary/aromatic N) is 2. The summed E-state index contributed by atoms with van der Waals surface area (Å²) in [5.41, 5.74) is 1.16. The average molecular weight is 324 g/mol. The number of methoxy groups -OCH3 is 2. The van der Waals surface area contributed by atoms with E-state index in [2.05, 4.69) is 10.2 Å². The Labute approximate surface area is 123 Å². The van der Waals surface area contributed by atoms with E-state index >= 15 is 0 Å². The monoisotopic (exact) mass is 323 g/mol. The highest BCUT2D eigenvalue weighted by atomic mass is 35.5. The van der Waals surface area contributed by atoms with E-state index in [9.17, 15) is 8.42 Å². The highest BCUT2D eigenvalue weighted by molar-refractivity contribution is 7.89. The quantitative estimate of drug-likeness (QED) is 0.797. The fourth-order valence-corrected chi connectivity index (χ4v) is 4.32. The van der Waals surface area contributed by atoms with Crippen LogP contribution in [-0.2, 0) is 25.4 Å². The number of aromatic nitrogens is 2. The van der Waals surface area contributed by atoms with Crippen LogP contribution < -0.4 is 0 Å². The molecule has 2 rings (SSSR count). The van der Waals surface area contributed by atoms with Gasteiger partial charge in [0.1, 0.15) is 0 Å². The van der Waals surface area contributed by atoms with Crippen LogP contribution in [0.15, 0.2) is 5.03 Å². The maximum Gasteiger partial charge on any atom is 0.262 e. The number of aryl methyl sites for hydroxylation is 1. The van der Waals surface area contributed by atoms with Gasteiger partial charge in [-0.15, -0.1) is 11.6 Å². The van der Waals surface area contributed by atoms with Crippen molar-refractivity contribution in [1.29, 1.82) is 0 Å². The molecule has 7 nitrogen and oxygen atoms in total. The number of nitrogens with one attached hydrogen (secondary N) is 1. The predicted molar refractivity (Wildman–Crippen MR) is 73.2 cm³/mol. The SMILES string of the molecule is COC1CN(S(=O)(=O)c2n[nH]c(C)c2CCl)CC1OC. The van der Waals surface area contributed by atoms with Crippen molar-refractivity contribution in [3.63, 3.8) is 0 Å². The van der Waals surface area contributed by atoms with Crippen LogP contribution in [0.3, 0.4) is 0 Å². The third-order valence-corrected chi connectivity index (χ3v) is 5.61. The molecule has 20 heavy (non-hydrogen) atoms. The zero-order chi connectivity index (χ0) is 14.9. The summed E-state index contributed by atoms with van der Waals surface area (Å²) in [7, 11) is -0.625. The second-order valence-corrected chi connectivity index (χ2v) is 6.76. The Morgan fingerprint density at radius 1 is 1.35 bits per heavy atom. The maximum atomic E-state index is 12.6. The van der Waals surface area contributed by atoms with Gasteiger partial charge in [-0.2, -0.15) is 9.40 Å². The Bertz CT molecular complexity index is 562. The van der Waals surface area contributed by atoms with Gasteiger partial charge < -0.3 is 9.47 Å². The molecular formula is C11H18ClN3O4S. The van der Waals surface area contributed by atoms with Gasteiger partial charge in [-0.1, -0.05) is 0 Å². The van der Waals surface area contributed by atoms with Gasteiger partial charge in [-0.3, -0.25) is 5.10 Å². The highest BCUT2D eigenvalue weighted by Crippen LogP contribution is 2.26. The average Bonchev–Trinajstić information content (AvgIpc) is 3.01. The fourth-order valence-electron chi connectivity index (χ4n) is 2.28. The maximum absolute atomic E-state index is 12.6. The van der Waals surface area contributed by atoms with Crippen molar-refractivity contribution in [2.45, 2.75) is 30.0 Å². The van der Waals surface area contributed by atoms with Gasteiger partial charge in [-0.25, -0.2) is 8.42 Å². The zero-order valence-corrected chi connectivity index (χ0v) is 13.2. The molecule has 1 aliphatic heterocycles. The van der Waals surface area contributed by atoms with E-state index in [1.807, 2.05) is 0 Å². The van der Waals surface area contributed by atoms with Crippen molar-refractivity contribution < 1.29 is 17.9 Å². The standard InChI is InChI=1S/C11H18ClN3O4S/c1-7-8(4-12)11(14-13-7)20(16,17)15-5-9(18-2)10(6-15)19-3/h9-10H,4-6H2,1-3H3,(H,13,14). The van der Waals surface area contributed by atoms with Crippen LogP contribution >= 0.6 is 11.6 Å². The molecule has 1 fully saturated rings. The van der Waals surface area contributed by atoms with Crippen LogP contribution in [0.2, 0.25) is 0 Å². The number of rotatable bonds is 5. The number of aromatic amines is 1. The summed E-state index contributed by atoms with van der Waals surface area (Å²) in [6.07, 6.45) is -0.566. The second-order valence-electron chi connectivity index (χ2n) is 4.64. The van der Waals surface area contributed by atoms with Gasteiger partial charge in [0.25, 0.3) is 10.0 Å². The van der Waals surface area contributed by atoms with Gasteiger partial charge >= 0.3 is 0 Å². The van der Waals surface area contributed by atoms with Crippen LogP contribution in [0, 0.1) is 6.92 Å². The Kier molecular flexibility index (Phi) is 4.70. The molecule has 0 bridgehead atoms. The van der Waals surface area contributed by atoms with Crippen molar-refractivity contribution in [1.82, 2.24) is 14.5 Å². The summed E-state index contributed by atoms with van der Waals surface area (Å²) in [5.74, 6) is 0.0894. The largest absolute Gasteiger partial charge is 0.377 e. The summed E-state index contributed by atoms with van der Waals surface area (Å²) in [5, 5.41) is 6.53. The molecule has 0 aromatic carbocycles. The third kappa shape index (κ3) is 2.58. The molecule has 114 valence electrons. The number of sulfonamides is 1. The van der Waals surface area contributed by atoms with E-state index in [4.69, 9.17) is 21.1 Å². The van der Waals surface area contributed by atoms with Crippen molar-refractivity contribution in [3.05, 3.63) is 11.3 Å². The van der Waals surface area contributed by atoms with Gasteiger partial charge in [0, 0.05) is 38.6 Å². The minimum Gasteiger partial charge on any atom is -0.377 e. The summed E-state index contributed by atoms with van der Waals surface area (Å²) >= 11 is 5.81. The van der Waals surface area contributed by atoms with Crippen LogP contribution in [0.1, 0.15) is 11.3 Å². The van der Waals surface area contributed by atoms with Crippen molar-refractivity contribution >= 4 is 21.6 Å². The van der Waals surface area contributed by atoms with Gasteiger partial charge in [0.15, 0.2) is 5.03 Å². The molecule has 1 saturated heterocycles. The van der Waals surface area contributed by atoms with Crippen LogP contribution in [0.4, 0.5) is 0 Å². The molecule has 0 spiro atoms. The summed E-state index contributed by atoms with van der Waals surface area (Å²) in [6.45, 7) is 2.22. The molecule has 1 N–H and O–H groups in total. The molecule has 2 unspecified atom stereocenters. The van der Waals surface area contributed by atoms with E-state index in [0.717, 1.165) is 0 Å². The van der Waals surface area contributed by atoms with E-state index in [-0.39, 0.29) is 36.2 Å². The Balaban J connectivity index is 2.32. The summed E-state index contributed by atoms with van der Waals surface area (Å²) in [6, 6.07) is 0. The zero-order valence-electron chi connectivity index (χ0n) is 11.6. The minimum absolute atomic E-state index is 0.0170. The number of hydrogen-bond donors (Lipinski definition) is 1. The first kappa shape index (κ1) is 15.7. The van der Waals surface area contributed by atoms with Gasteiger partial charge in [0.2, 0.25) is 0 Å². The fraction of sp³-hybridized carbons (Fsp3) is 0.727.